The van der Waals surface area contributed by atoms with Crippen LogP contribution in [0.2, 0.25) is 0 Å². The summed E-state index contributed by atoms with van der Waals surface area (Å²) in [5.74, 6) is -3.09. The van der Waals surface area contributed by atoms with Crippen LogP contribution in [0.25, 0.3) is 5.65 Å². The van der Waals surface area contributed by atoms with Gasteiger partial charge >= 0.3 is 0 Å². The number of aryl methyl sites for hydroxylation is 2. The number of hydrogen-bond acceptors (Lipinski definition) is 2. The second-order valence-corrected chi connectivity index (χ2v) is 5.52. The van der Waals surface area contributed by atoms with Crippen molar-refractivity contribution in [3.8, 4) is 0 Å². The van der Waals surface area contributed by atoms with E-state index in [2.05, 4.69) is 5.10 Å². The van der Waals surface area contributed by atoms with Crippen LogP contribution in [0.1, 0.15) is 31.4 Å². The highest BCUT2D eigenvalue weighted by atomic mass is 19.3. The Labute approximate surface area is 115 Å². The standard InChI is InChI=1S/C14H17F2N3O/c1-10-9-13(20)19-12(4-7-17-19)18(10)8-5-11-3-2-6-14(11,15)16/h4,7,9,11H,2-3,5-6,8H2,1H3. The van der Waals surface area contributed by atoms with Crippen molar-refractivity contribution in [2.75, 3.05) is 0 Å². The third kappa shape index (κ3) is 2.13. The first-order valence-corrected chi connectivity index (χ1v) is 6.91. The van der Waals surface area contributed by atoms with Gasteiger partial charge < -0.3 is 4.57 Å². The van der Waals surface area contributed by atoms with Crippen molar-refractivity contribution in [3.05, 3.63) is 34.4 Å². The van der Waals surface area contributed by atoms with Crippen LogP contribution in [0.15, 0.2) is 23.1 Å². The van der Waals surface area contributed by atoms with Gasteiger partial charge in [-0.1, -0.05) is 0 Å². The molecule has 0 aromatic carbocycles. The van der Waals surface area contributed by atoms with Crippen molar-refractivity contribution in [3.63, 3.8) is 0 Å². The molecule has 1 fully saturated rings. The maximum atomic E-state index is 13.7. The third-order valence-corrected chi connectivity index (χ3v) is 4.23. The van der Waals surface area contributed by atoms with E-state index in [-0.39, 0.29) is 12.0 Å². The van der Waals surface area contributed by atoms with Crippen LogP contribution in [0.5, 0.6) is 0 Å². The minimum absolute atomic E-state index is 0.00288. The Hall–Kier alpha value is -1.72. The van der Waals surface area contributed by atoms with Gasteiger partial charge in [-0.05, 0) is 26.2 Å². The van der Waals surface area contributed by atoms with Gasteiger partial charge in [-0.25, -0.2) is 8.78 Å². The Bertz CT molecular complexity index is 689. The van der Waals surface area contributed by atoms with E-state index in [1.54, 1.807) is 12.3 Å². The van der Waals surface area contributed by atoms with Gasteiger partial charge in [0, 0.05) is 36.7 Å². The lowest BCUT2D eigenvalue weighted by molar-refractivity contribution is -0.0405. The topological polar surface area (TPSA) is 39.3 Å². The number of alkyl halides is 2. The molecule has 6 heteroatoms. The van der Waals surface area contributed by atoms with Crippen molar-refractivity contribution in [2.45, 2.75) is 45.1 Å². The van der Waals surface area contributed by atoms with Gasteiger partial charge in [-0.3, -0.25) is 4.79 Å². The Morgan fingerprint density at radius 2 is 2.30 bits per heavy atom. The number of halogens is 2. The van der Waals surface area contributed by atoms with E-state index in [1.807, 2.05) is 11.5 Å². The summed E-state index contributed by atoms with van der Waals surface area (Å²) in [7, 11) is 0. The molecular formula is C14H17F2N3O. The lowest BCUT2D eigenvalue weighted by atomic mass is 10.0. The fraction of sp³-hybridized carbons (Fsp3) is 0.571. The summed E-state index contributed by atoms with van der Waals surface area (Å²) in [5.41, 5.74) is 1.26. The monoisotopic (exact) mass is 281 g/mol. The summed E-state index contributed by atoms with van der Waals surface area (Å²) in [6.45, 7) is 2.31. The molecule has 20 heavy (non-hydrogen) atoms. The summed E-state index contributed by atoms with van der Waals surface area (Å²) < 4.78 is 30.5. The molecule has 1 saturated carbocycles. The predicted molar refractivity (Wildman–Crippen MR) is 71.1 cm³/mol. The Morgan fingerprint density at radius 3 is 3.00 bits per heavy atom. The third-order valence-electron chi connectivity index (χ3n) is 4.23. The molecule has 0 saturated heterocycles. The number of aromatic nitrogens is 3. The van der Waals surface area contributed by atoms with Crippen LogP contribution in [0.3, 0.4) is 0 Å². The number of rotatable bonds is 3. The van der Waals surface area contributed by atoms with Gasteiger partial charge in [-0.2, -0.15) is 9.61 Å². The second kappa shape index (κ2) is 4.68. The van der Waals surface area contributed by atoms with Crippen LogP contribution in [-0.4, -0.2) is 20.1 Å². The summed E-state index contributed by atoms with van der Waals surface area (Å²) in [6.07, 6.45) is 3.17. The molecule has 2 heterocycles. The first-order chi connectivity index (χ1) is 9.49. The number of hydrogen-bond donors (Lipinski definition) is 0. The molecule has 0 aliphatic heterocycles. The molecule has 1 unspecified atom stereocenters. The average molecular weight is 281 g/mol. The first-order valence-electron chi connectivity index (χ1n) is 6.91. The molecule has 0 N–H and O–H groups in total. The van der Waals surface area contributed by atoms with Gasteiger partial charge in [0.1, 0.15) is 5.65 Å². The Morgan fingerprint density at radius 1 is 1.50 bits per heavy atom. The molecule has 0 spiro atoms. The highest BCUT2D eigenvalue weighted by molar-refractivity contribution is 5.38. The van der Waals surface area contributed by atoms with Crippen LogP contribution in [-0.2, 0) is 6.54 Å². The highest BCUT2D eigenvalue weighted by Crippen LogP contribution is 2.42. The average Bonchev–Trinajstić information content (AvgIpc) is 2.96. The van der Waals surface area contributed by atoms with Crippen molar-refractivity contribution in [2.24, 2.45) is 5.92 Å². The van der Waals surface area contributed by atoms with Crippen LogP contribution >= 0.6 is 0 Å². The smallest absolute Gasteiger partial charge is 0.274 e. The predicted octanol–water partition coefficient (Wildman–Crippen LogP) is 2.63. The van der Waals surface area contributed by atoms with E-state index in [0.29, 0.717) is 31.5 Å². The molecule has 0 amide bonds. The molecule has 1 aliphatic rings. The molecule has 4 nitrogen and oxygen atoms in total. The van der Waals surface area contributed by atoms with E-state index in [1.165, 1.54) is 10.6 Å². The fourth-order valence-corrected chi connectivity index (χ4v) is 3.10. The van der Waals surface area contributed by atoms with Crippen molar-refractivity contribution in [1.82, 2.24) is 14.2 Å². The number of nitrogens with zero attached hydrogens (tertiary/aromatic N) is 3. The Kier molecular flexibility index (Phi) is 3.11. The summed E-state index contributed by atoms with van der Waals surface area (Å²) in [4.78, 5) is 11.7. The summed E-state index contributed by atoms with van der Waals surface area (Å²) >= 11 is 0. The number of fused-ring (bicyclic) bond motifs is 1. The van der Waals surface area contributed by atoms with Gasteiger partial charge in [-0.15, -0.1) is 0 Å². The lowest BCUT2D eigenvalue weighted by Crippen LogP contribution is -2.25. The SMILES string of the molecule is Cc1cc(=O)n2nccc2n1CCC1CCCC1(F)F. The minimum atomic E-state index is -2.54. The second-order valence-electron chi connectivity index (χ2n) is 5.52. The summed E-state index contributed by atoms with van der Waals surface area (Å²) in [6, 6.07) is 3.23. The van der Waals surface area contributed by atoms with E-state index < -0.39 is 11.8 Å². The van der Waals surface area contributed by atoms with Crippen LogP contribution in [0.4, 0.5) is 8.78 Å². The normalized spacial score (nSPS) is 21.6. The molecule has 0 radical (unpaired) electrons. The highest BCUT2D eigenvalue weighted by Gasteiger charge is 2.43. The Balaban J connectivity index is 1.88. The zero-order chi connectivity index (χ0) is 14.3. The quantitative estimate of drug-likeness (QED) is 0.867. The fourth-order valence-electron chi connectivity index (χ4n) is 3.10. The molecule has 2 aromatic heterocycles. The van der Waals surface area contributed by atoms with Crippen LogP contribution in [0, 0.1) is 12.8 Å². The first kappa shape index (κ1) is 13.3. The van der Waals surface area contributed by atoms with Crippen molar-refractivity contribution >= 4 is 5.65 Å². The van der Waals surface area contributed by atoms with Crippen LogP contribution < -0.4 is 5.56 Å². The summed E-state index contributed by atoms with van der Waals surface area (Å²) in [5, 5.41) is 3.96. The maximum Gasteiger partial charge on any atom is 0.274 e. The zero-order valence-electron chi connectivity index (χ0n) is 11.4. The molecule has 2 aromatic rings. The van der Waals surface area contributed by atoms with Crippen molar-refractivity contribution < 1.29 is 8.78 Å². The van der Waals surface area contributed by atoms with E-state index in [0.717, 1.165) is 5.69 Å². The minimum Gasteiger partial charge on any atom is -0.330 e. The molecule has 108 valence electrons. The van der Waals surface area contributed by atoms with Gasteiger partial charge in [0.25, 0.3) is 11.5 Å². The molecule has 3 rings (SSSR count). The zero-order valence-corrected chi connectivity index (χ0v) is 11.4. The van der Waals surface area contributed by atoms with E-state index >= 15 is 0 Å². The van der Waals surface area contributed by atoms with Gasteiger partial charge in [0.05, 0.1) is 6.20 Å². The molecule has 1 atom stereocenters. The van der Waals surface area contributed by atoms with Gasteiger partial charge in [0.2, 0.25) is 0 Å². The maximum absolute atomic E-state index is 13.7. The largest absolute Gasteiger partial charge is 0.330 e. The molecular weight excluding hydrogens is 264 g/mol. The van der Waals surface area contributed by atoms with E-state index in [4.69, 9.17) is 0 Å². The van der Waals surface area contributed by atoms with Crippen molar-refractivity contribution in [1.29, 1.82) is 0 Å². The molecule has 0 bridgehead atoms. The van der Waals surface area contributed by atoms with E-state index in [9.17, 15) is 13.6 Å². The lowest BCUT2D eigenvalue weighted by Gasteiger charge is -2.20. The van der Waals surface area contributed by atoms with Gasteiger partial charge in [0.15, 0.2) is 0 Å². The molecule has 1 aliphatic carbocycles.